The Morgan fingerprint density at radius 2 is 1.67 bits per heavy atom. The second kappa shape index (κ2) is 13.3. The van der Waals surface area contributed by atoms with Crippen LogP contribution in [0.4, 0.5) is 9.59 Å². The van der Waals surface area contributed by atoms with Crippen molar-refractivity contribution in [2.75, 3.05) is 39.8 Å². The first-order valence-corrected chi connectivity index (χ1v) is 16.9. The number of hydrogen-bond acceptors (Lipinski definition) is 7. The number of methoxy groups -OCH3 is 1. The van der Waals surface area contributed by atoms with Gasteiger partial charge in [0.1, 0.15) is 11.4 Å². The number of aliphatic hydroxyl groups is 1. The van der Waals surface area contributed by atoms with E-state index in [-0.39, 0.29) is 30.3 Å². The average Bonchev–Trinajstić information content (AvgIpc) is 3.56. The van der Waals surface area contributed by atoms with Gasteiger partial charge in [0, 0.05) is 49.8 Å². The number of carbonyl (C=O) groups is 2. The number of likely N-dealkylation sites (tertiary alicyclic amines) is 1. The van der Waals surface area contributed by atoms with Crippen molar-refractivity contribution in [1.82, 2.24) is 24.3 Å². The van der Waals surface area contributed by atoms with Crippen LogP contribution < -0.4 is 10.3 Å². The third kappa shape index (κ3) is 6.65. The predicted octanol–water partition coefficient (Wildman–Crippen LogP) is 5.33. The molecule has 2 atom stereocenters. The van der Waals surface area contributed by atoms with Crippen LogP contribution in [0.25, 0.3) is 11.3 Å². The summed E-state index contributed by atoms with van der Waals surface area (Å²) in [5.41, 5.74) is -0.426. The second-order valence-corrected chi connectivity index (χ2v) is 14.5. The molecule has 0 bridgehead atoms. The summed E-state index contributed by atoms with van der Waals surface area (Å²) < 4.78 is 12.6. The molecule has 1 N–H and O–H groups in total. The molecular formula is C37H47N5O6. The maximum Gasteiger partial charge on any atom is 0.410 e. The van der Waals surface area contributed by atoms with Gasteiger partial charge in [-0.2, -0.15) is 0 Å². The minimum absolute atomic E-state index is 0.0963. The summed E-state index contributed by atoms with van der Waals surface area (Å²) in [6.45, 7) is 7.46. The molecular weight excluding hydrogens is 610 g/mol. The standard InChI is InChI=1S/C37H47N5O6/c1-35(2,3)48-34(45)39-20-21-42(30(23-39)27-12-6-5-7-13-27)33(44)40-19-18-37(46,36(24-40)16-10-11-17-36)25-41-26-38-29(22-32(41)43)28-14-8-9-15-31(28)47-4/h5-9,12-15,22,26,30,46H,10-11,16-21,23-25H2,1-4H3/t30-,37+/m0/s1. The fourth-order valence-corrected chi connectivity index (χ4v) is 7.74. The van der Waals surface area contributed by atoms with Crippen LogP contribution in [0.5, 0.6) is 5.75 Å². The minimum atomic E-state index is -1.19. The van der Waals surface area contributed by atoms with Gasteiger partial charge in [-0.15, -0.1) is 0 Å². The quantitative estimate of drug-likeness (QED) is 0.394. The van der Waals surface area contributed by atoms with Gasteiger partial charge in [0.2, 0.25) is 0 Å². The lowest BCUT2D eigenvalue weighted by Crippen LogP contribution is -2.64. The Labute approximate surface area is 282 Å². The summed E-state index contributed by atoms with van der Waals surface area (Å²) in [6, 6.07) is 18.3. The lowest BCUT2D eigenvalue weighted by molar-refractivity contribution is -0.137. The van der Waals surface area contributed by atoms with Crippen molar-refractivity contribution >= 4 is 12.1 Å². The molecule has 3 heterocycles. The number of piperidine rings is 1. The zero-order valence-corrected chi connectivity index (χ0v) is 28.4. The predicted molar refractivity (Wildman–Crippen MR) is 182 cm³/mol. The van der Waals surface area contributed by atoms with Gasteiger partial charge in [-0.25, -0.2) is 14.6 Å². The van der Waals surface area contributed by atoms with Gasteiger partial charge >= 0.3 is 12.1 Å². The van der Waals surface area contributed by atoms with E-state index in [0.717, 1.165) is 36.8 Å². The molecule has 1 spiro atoms. The first kappa shape index (κ1) is 33.5. The first-order valence-electron chi connectivity index (χ1n) is 16.9. The van der Waals surface area contributed by atoms with Crippen molar-refractivity contribution in [2.24, 2.45) is 5.41 Å². The minimum Gasteiger partial charge on any atom is -0.496 e. The molecule has 11 heteroatoms. The molecule has 3 aliphatic rings. The van der Waals surface area contributed by atoms with E-state index in [1.165, 1.54) is 17.0 Å². The zero-order chi connectivity index (χ0) is 34.1. The SMILES string of the molecule is COc1ccccc1-c1cc(=O)n(C[C@]2(O)CCN(C(=O)N3CCN(C(=O)OC(C)(C)C)C[C@H]3c3ccccc3)CC23CCCC3)cn1. The summed E-state index contributed by atoms with van der Waals surface area (Å²) in [5, 5.41) is 12.4. The summed E-state index contributed by atoms with van der Waals surface area (Å²) in [4.78, 5) is 50.8. The lowest BCUT2D eigenvalue weighted by atomic mass is 9.66. The van der Waals surface area contributed by atoms with Crippen molar-refractivity contribution < 1.29 is 24.2 Å². The van der Waals surface area contributed by atoms with Crippen LogP contribution in [0, 0.1) is 5.41 Å². The van der Waals surface area contributed by atoms with Crippen LogP contribution in [0.15, 0.2) is 71.8 Å². The monoisotopic (exact) mass is 657 g/mol. The number of amides is 3. The van der Waals surface area contributed by atoms with Crippen molar-refractivity contribution in [3.8, 4) is 17.0 Å². The molecule has 2 aliphatic heterocycles. The number of piperazine rings is 1. The van der Waals surface area contributed by atoms with Gasteiger partial charge in [-0.05, 0) is 57.7 Å². The molecule has 11 nitrogen and oxygen atoms in total. The zero-order valence-electron chi connectivity index (χ0n) is 28.4. The number of para-hydroxylation sites is 1. The first-order chi connectivity index (χ1) is 22.9. The number of hydrogen-bond donors (Lipinski definition) is 1. The van der Waals surface area contributed by atoms with Crippen LogP contribution in [0.2, 0.25) is 0 Å². The molecule has 1 aliphatic carbocycles. The van der Waals surface area contributed by atoms with Gasteiger partial charge < -0.3 is 29.3 Å². The highest BCUT2D eigenvalue weighted by molar-refractivity contribution is 5.76. The highest BCUT2D eigenvalue weighted by atomic mass is 16.6. The van der Waals surface area contributed by atoms with Gasteiger partial charge in [0.15, 0.2) is 0 Å². The maximum atomic E-state index is 14.4. The fourth-order valence-electron chi connectivity index (χ4n) is 7.74. The summed E-state index contributed by atoms with van der Waals surface area (Å²) in [7, 11) is 1.58. The molecule has 6 rings (SSSR count). The normalized spacial score (nSPS) is 22.5. The summed E-state index contributed by atoms with van der Waals surface area (Å²) in [5.74, 6) is 0.628. The molecule has 256 valence electrons. The van der Waals surface area contributed by atoms with Crippen molar-refractivity contribution in [2.45, 2.75) is 76.7 Å². The molecule has 48 heavy (non-hydrogen) atoms. The van der Waals surface area contributed by atoms with Gasteiger partial charge in [-0.3, -0.25) is 9.36 Å². The molecule has 1 aromatic heterocycles. The highest BCUT2D eigenvalue weighted by Crippen LogP contribution is 2.52. The maximum absolute atomic E-state index is 14.4. The number of urea groups is 1. The van der Waals surface area contributed by atoms with Crippen LogP contribution in [-0.2, 0) is 11.3 Å². The Balaban J connectivity index is 1.22. The van der Waals surface area contributed by atoms with Gasteiger partial charge in [0.05, 0.1) is 37.3 Å². The van der Waals surface area contributed by atoms with E-state index in [9.17, 15) is 19.5 Å². The third-order valence-corrected chi connectivity index (χ3v) is 10.3. The van der Waals surface area contributed by atoms with E-state index < -0.39 is 16.6 Å². The second-order valence-electron chi connectivity index (χ2n) is 14.5. The van der Waals surface area contributed by atoms with Crippen LogP contribution >= 0.6 is 0 Å². The number of benzene rings is 2. The molecule has 2 aromatic carbocycles. The average molecular weight is 658 g/mol. The van der Waals surface area contributed by atoms with E-state index in [1.54, 1.807) is 12.0 Å². The van der Waals surface area contributed by atoms with Crippen LogP contribution in [0.1, 0.15) is 64.5 Å². The van der Waals surface area contributed by atoms with E-state index in [4.69, 9.17) is 9.47 Å². The van der Waals surface area contributed by atoms with E-state index in [0.29, 0.717) is 50.6 Å². The number of aromatic nitrogens is 2. The molecule has 3 amide bonds. The number of carbonyl (C=O) groups excluding carboxylic acids is 2. The number of rotatable bonds is 5. The highest BCUT2D eigenvalue weighted by Gasteiger charge is 2.56. The van der Waals surface area contributed by atoms with Gasteiger partial charge in [0.25, 0.3) is 5.56 Å². The molecule has 3 aromatic rings. The third-order valence-electron chi connectivity index (χ3n) is 10.3. The summed E-state index contributed by atoms with van der Waals surface area (Å²) in [6.07, 6.45) is 4.90. The van der Waals surface area contributed by atoms with Crippen molar-refractivity contribution in [3.63, 3.8) is 0 Å². The van der Waals surface area contributed by atoms with E-state index in [1.807, 2.05) is 85.2 Å². The molecule has 3 fully saturated rings. The Kier molecular flexibility index (Phi) is 9.26. The Bertz CT molecular complexity index is 1680. The fraction of sp³-hybridized carbons (Fsp3) is 0.514. The van der Waals surface area contributed by atoms with Crippen molar-refractivity contribution in [3.05, 3.63) is 82.9 Å². The molecule has 0 unspecified atom stereocenters. The largest absolute Gasteiger partial charge is 0.496 e. The molecule has 1 saturated carbocycles. The number of nitrogens with zero attached hydrogens (tertiary/aromatic N) is 5. The van der Waals surface area contributed by atoms with E-state index >= 15 is 0 Å². The van der Waals surface area contributed by atoms with Crippen LogP contribution in [-0.4, -0.2) is 92.5 Å². The molecule has 2 saturated heterocycles. The topological polar surface area (TPSA) is 117 Å². The molecule has 0 radical (unpaired) electrons. The summed E-state index contributed by atoms with van der Waals surface area (Å²) >= 11 is 0. The smallest absolute Gasteiger partial charge is 0.410 e. The Morgan fingerprint density at radius 1 is 0.958 bits per heavy atom. The lowest BCUT2D eigenvalue weighted by Gasteiger charge is -2.53. The number of ether oxygens (including phenoxy) is 2. The Morgan fingerprint density at radius 3 is 2.35 bits per heavy atom. The Hall–Kier alpha value is -4.38. The van der Waals surface area contributed by atoms with Crippen LogP contribution in [0.3, 0.4) is 0 Å². The van der Waals surface area contributed by atoms with E-state index in [2.05, 4.69) is 4.98 Å². The van der Waals surface area contributed by atoms with Gasteiger partial charge in [-0.1, -0.05) is 55.3 Å². The van der Waals surface area contributed by atoms with Crippen molar-refractivity contribution in [1.29, 1.82) is 0 Å².